The summed E-state index contributed by atoms with van der Waals surface area (Å²) >= 11 is 6.88. The molecule has 0 aromatic heterocycles. The fourth-order valence-electron chi connectivity index (χ4n) is 1.35. The van der Waals surface area contributed by atoms with Crippen LogP contribution in [0, 0.1) is 0 Å². The number of rotatable bonds is 7. The first-order valence-corrected chi connectivity index (χ1v) is 7.25. The van der Waals surface area contributed by atoms with Crippen molar-refractivity contribution in [2.75, 3.05) is 25.1 Å². The number of hydrogen-bond donors (Lipinski definition) is 1. The molecule has 20 heavy (non-hydrogen) atoms. The van der Waals surface area contributed by atoms with Crippen molar-refractivity contribution in [3.8, 4) is 0 Å². The van der Waals surface area contributed by atoms with Gasteiger partial charge in [-0.1, -0.05) is 11.6 Å². The number of nitrogens with zero attached hydrogens (tertiary/aromatic N) is 1. The predicted molar refractivity (Wildman–Crippen MR) is 78.4 cm³/mol. The Morgan fingerprint density at radius 1 is 1.20 bits per heavy atom. The number of amides is 1. The topological polar surface area (TPSA) is 74.7 Å². The highest BCUT2D eigenvalue weighted by molar-refractivity contribution is 8.00. The van der Waals surface area contributed by atoms with E-state index in [1.165, 1.54) is 7.05 Å². The van der Waals surface area contributed by atoms with Crippen molar-refractivity contribution in [2.24, 2.45) is 0 Å². The molecule has 0 aliphatic rings. The molecule has 0 saturated carbocycles. The lowest BCUT2D eigenvalue weighted by Crippen LogP contribution is -2.33. The number of carboxylic acid groups (broad SMARTS) is 1. The number of halogens is 1. The van der Waals surface area contributed by atoms with Crippen LogP contribution >= 0.6 is 23.4 Å². The van der Waals surface area contributed by atoms with E-state index in [0.29, 0.717) is 10.6 Å². The number of thioether (sulfide) groups is 1. The Balaban J connectivity index is 2.37. The van der Waals surface area contributed by atoms with Gasteiger partial charge in [0.2, 0.25) is 5.91 Å². The molecule has 0 saturated heterocycles. The lowest BCUT2D eigenvalue weighted by Gasteiger charge is -2.13. The quantitative estimate of drug-likeness (QED) is 0.777. The van der Waals surface area contributed by atoms with E-state index >= 15 is 0 Å². The van der Waals surface area contributed by atoms with Crippen molar-refractivity contribution >= 4 is 41.0 Å². The SMILES string of the molecule is CN(CC(=O)O)C(=O)CSCC(=O)c1ccc(Cl)cc1. The van der Waals surface area contributed by atoms with Gasteiger partial charge in [-0.15, -0.1) is 11.8 Å². The van der Waals surface area contributed by atoms with E-state index in [9.17, 15) is 14.4 Å². The number of carbonyl (C=O) groups is 3. The van der Waals surface area contributed by atoms with Crippen LogP contribution in [-0.4, -0.2) is 52.8 Å². The molecule has 5 nitrogen and oxygen atoms in total. The van der Waals surface area contributed by atoms with Gasteiger partial charge in [0.05, 0.1) is 11.5 Å². The summed E-state index contributed by atoms with van der Waals surface area (Å²) in [6.07, 6.45) is 0. The standard InChI is InChI=1S/C13H14ClNO4S/c1-15(6-13(18)19)12(17)8-20-7-11(16)9-2-4-10(14)5-3-9/h2-5H,6-8H2,1H3,(H,18,19). The number of Topliss-reactive ketones (excluding diaryl/α,β-unsaturated/α-hetero) is 1. The summed E-state index contributed by atoms with van der Waals surface area (Å²) < 4.78 is 0. The highest BCUT2D eigenvalue weighted by Crippen LogP contribution is 2.12. The summed E-state index contributed by atoms with van der Waals surface area (Å²) in [5.74, 6) is -1.25. The molecule has 0 spiro atoms. The third-order valence-electron chi connectivity index (χ3n) is 2.42. The molecular formula is C13H14ClNO4S. The fraction of sp³-hybridized carbons (Fsp3) is 0.308. The molecule has 1 rings (SSSR count). The summed E-state index contributed by atoms with van der Waals surface area (Å²) in [7, 11) is 1.41. The maximum absolute atomic E-state index is 11.8. The Morgan fingerprint density at radius 3 is 2.35 bits per heavy atom. The fourth-order valence-corrected chi connectivity index (χ4v) is 2.33. The van der Waals surface area contributed by atoms with E-state index in [1.807, 2.05) is 0 Å². The van der Waals surface area contributed by atoms with Crippen LogP contribution in [0.5, 0.6) is 0 Å². The van der Waals surface area contributed by atoms with Gasteiger partial charge < -0.3 is 10.0 Å². The van der Waals surface area contributed by atoms with E-state index in [-0.39, 0.29) is 29.7 Å². The van der Waals surface area contributed by atoms with Gasteiger partial charge in [0.25, 0.3) is 0 Å². The number of hydrogen-bond acceptors (Lipinski definition) is 4. The van der Waals surface area contributed by atoms with Crippen molar-refractivity contribution in [1.82, 2.24) is 4.90 Å². The van der Waals surface area contributed by atoms with E-state index in [1.54, 1.807) is 24.3 Å². The highest BCUT2D eigenvalue weighted by Gasteiger charge is 2.13. The number of carboxylic acids is 1. The van der Waals surface area contributed by atoms with Crippen LogP contribution in [0.1, 0.15) is 10.4 Å². The van der Waals surface area contributed by atoms with Crippen molar-refractivity contribution < 1.29 is 19.5 Å². The first kappa shape index (κ1) is 16.5. The number of aliphatic carboxylic acids is 1. The van der Waals surface area contributed by atoms with E-state index in [2.05, 4.69) is 0 Å². The summed E-state index contributed by atoms with van der Waals surface area (Å²) in [6, 6.07) is 6.52. The van der Waals surface area contributed by atoms with Crippen LogP contribution in [0.15, 0.2) is 24.3 Å². The van der Waals surface area contributed by atoms with Gasteiger partial charge in [-0.25, -0.2) is 0 Å². The number of benzene rings is 1. The minimum absolute atomic E-state index is 0.0725. The second-order valence-electron chi connectivity index (χ2n) is 4.07. The summed E-state index contributed by atoms with van der Waals surface area (Å²) in [6.45, 7) is -0.343. The molecule has 0 atom stereocenters. The van der Waals surface area contributed by atoms with Crippen LogP contribution in [0.3, 0.4) is 0 Å². The molecule has 0 fully saturated rings. The van der Waals surface area contributed by atoms with Crippen LogP contribution in [0.4, 0.5) is 0 Å². The van der Waals surface area contributed by atoms with Gasteiger partial charge in [-0.2, -0.15) is 0 Å². The molecule has 0 aliphatic heterocycles. The third-order valence-corrected chi connectivity index (χ3v) is 3.59. The molecule has 0 heterocycles. The first-order valence-electron chi connectivity index (χ1n) is 5.72. The number of carbonyl (C=O) groups excluding carboxylic acids is 2. The lowest BCUT2D eigenvalue weighted by molar-refractivity contribution is -0.142. The zero-order valence-corrected chi connectivity index (χ0v) is 12.4. The zero-order chi connectivity index (χ0) is 15.1. The average molecular weight is 316 g/mol. The summed E-state index contributed by atoms with van der Waals surface area (Å²) in [5.41, 5.74) is 0.535. The van der Waals surface area contributed by atoms with Crippen molar-refractivity contribution in [3.05, 3.63) is 34.9 Å². The smallest absolute Gasteiger partial charge is 0.323 e. The van der Waals surface area contributed by atoms with Gasteiger partial charge in [-0.3, -0.25) is 14.4 Å². The monoisotopic (exact) mass is 315 g/mol. The highest BCUT2D eigenvalue weighted by atomic mass is 35.5. The van der Waals surface area contributed by atoms with Gasteiger partial charge in [-0.05, 0) is 24.3 Å². The molecule has 1 aromatic rings. The van der Waals surface area contributed by atoms with Crippen LogP contribution in [-0.2, 0) is 9.59 Å². The molecule has 0 aliphatic carbocycles. The van der Waals surface area contributed by atoms with Crippen molar-refractivity contribution in [1.29, 1.82) is 0 Å². The molecule has 1 aromatic carbocycles. The predicted octanol–water partition coefficient (Wildman–Crippen LogP) is 1.80. The maximum atomic E-state index is 11.8. The van der Waals surface area contributed by atoms with Gasteiger partial charge >= 0.3 is 5.97 Å². The Kier molecular flexibility index (Phi) is 6.54. The molecule has 0 unspecified atom stereocenters. The van der Waals surface area contributed by atoms with E-state index in [0.717, 1.165) is 16.7 Å². The minimum atomic E-state index is -1.07. The van der Waals surface area contributed by atoms with Gasteiger partial charge in [0, 0.05) is 17.6 Å². The lowest BCUT2D eigenvalue weighted by atomic mass is 10.1. The Labute approximate surface area is 125 Å². The average Bonchev–Trinajstić information content (AvgIpc) is 2.38. The molecule has 0 radical (unpaired) electrons. The molecule has 7 heteroatoms. The van der Waals surface area contributed by atoms with Gasteiger partial charge in [0.1, 0.15) is 6.54 Å². The van der Waals surface area contributed by atoms with E-state index in [4.69, 9.17) is 16.7 Å². The molecule has 1 amide bonds. The van der Waals surface area contributed by atoms with Crippen LogP contribution in [0.2, 0.25) is 5.02 Å². The van der Waals surface area contributed by atoms with Crippen molar-refractivity contribution in [3.63, 3.8) is 0 Å². The summed E-state index contributed by atoms with van der Waals surface area (Å²) in [5, 5.41) is 9.11. The number of likely N-dealkylation sites (N-methyl/N-ethyl adjacent to an activating group) is 1. The normalized spacial score (nSPS) is 10.1. The number of ketones is 1. The summed E-state index contributed by atoms with van der Waals surface area (Å²) in [4.78, 5) is 34.9. The van der Waals surface area contributed by atoms with E-state index < -0.39 is 5.97 Å². The minimum Gasteiger partial charge on any atom is -0.480 e. The second kappa shape index (κ2) is 7.91. The molecule has 1 N–H and O–H groups in total. The van der Waals surface area contributed by atoms with Crippen molar-refractivity contribution in [2.45, 2.75) is 0 Å². The first-order chi connectivity index (χ1) is 9.40. The molecule has 0 bridgehead atoms. The van der Waals surface area contributed by atoms with Crippen LogP contribution in [0.25, 0.3) is 0 Å². The molecule has 108 valence electrons. The largest absolute Gasteiger partial charge is 0.480 e. The third kappa shape index (κ3) is 5.63. The maximum Gasteiger partial charge on any atom is 0.323 e. The van der Waals surface area contributed by atoms with Gasteiger partial charge in [0.15, 0.2) is 5.78 Å². The zero-order valence-electron chi connectivity index (χ0n) is 10.8. The Hall–Kier alpha value is -1.53. The van der Waals surface area contributed by atoms with Crippen LogP contribution < -0.4 is 0 Å². The second-order valence-corrected chi connectivity index (χ2v) is 5.49. The molecular weight excluding hydrogens is 302 g/mol. The Bertz CT molecular complexity index is 504. The Morgan fingerprint density at radius 2 is 1.80 bits per heavy atom.